The molecule has 2 rings (SSSR count). The number of aliphatic carboxylic acids is 1. The van der Waals surface area contributed by atoms with Gasteiger partial charge in [-0.1, -0.05) is 19.9 Å². The number of carbonyl (C=O) groups is 2. The molecule has 2 atom stereocenters. The topological polar surface area (TPSA) is 66.4 Å². The van der Waals surface area contributed by atoms with Gasteiger partial charge in [0.2, 0.25) is 5.91 Å². The quantitative estimate of drug-likeness (QED) is 0.860. The van der Waals surface area contributed by atoms with Crippen molar-refractivity contribution in [2.24, 2.45) is 5.92 Å². The molecule has 2 unspecified atom stereocenters. The molecule has 0 spiro atoms. The van der Waals surface area contributed by atoms with E-state index in [1.807, 2.05) is 31.4 Å². The Hall–Kier alpha value is -1.36. The van der Waals surface area contributed by atoms with E-state index < -0.39 is 17.4 Å². The summed E-state index contributed by atoms with van der Waals surface area (Å²) in [5.41, 5.74) is -0.614. The minimum absolute atomic E-state index is 0.0844. The summed E-state index contributed by atoms with van der Waals surface area (Å²) < 4.78 is 0. The fourth-order valence-corrected chi connectivity index (χ4v) is 3.69. The molecular weight excluding hydrogens is 238 g/mol. The van der Waals surface area contributed by atoms with Gasteiger partial charge in [0.05, 0.1) is 0 Å². The van der Waals surface area contributed by atoms with E-state index in [1.54, 1.807) is 0 Å². The fourth-order valence-electron chi connectivity index (χ4n) is 2.59. The highest BCUT2D eigenvalue weighted by molar-refractivity contribution is 7.10. The van der Waals surface area contributed by atoms with E-state index in [4.69, 9.17) is 0 Å². The molecule has 1 aliphatic rings. The van der Waals surface area contributed by atoms with Crippen LogP contribution in [0.5, 0.6) is 0 Å². The van der Waals surface area contributed by atoms with Gasteiger partial charge in [0.1, 0.15) is 6.04 Å². The summed E-state index contributed by atoms with van der Waals surface area (Å²) in [5, 5.41) is 13.8. The molecule has 1 amide bonds. The van der Waals surface area contributed by atoms with Crippen LogP contribution in [0, 0.1) is 5.92 Å². The molecule has 0 saturated carbocycles. The van der Waals surface area contributed by atoms with Gasteiger partial charge in [-0.25, -0.2) is 4.79 Å². The highest BCUT2D eigenvalue weighted by atomic mass is 32.1. The van der Waals surface area contributed by atoms with Gasteiger partial charge in [0, 0.05) is 16.7 Å². The molecule has 1 fully saturated rings. The number of nitrogens with one attached hydrogen (secondary N) is 1. The van der Waals surface area contributed by atoms with Gasteiger partial charge in [0.25, 0.3) is 0 Å². The van der Waals surface area contributed by atoms with Crippen LogP contribution in [0.2, 0.25) is 0 Å². The number of hydrogen-bond donors (Lipinski definition) is 2. The first-order chi connectivity index (χ1) is 7.98. The van der Waals surface area contributed by atoms with Crippen LogP contribution in [0.25, 0.3) is 0 Å². The highest BCUT2D eigenvalue weighted by Gasteiger charge is 2.54. The van der Waals surface area contributed by atoms with Crippen LogP contribution in [0.15, 0.2) is 17.5 Å². The molecular formula is C12H15NO3S. The van der Waals surface area contributed by atoms with E-state index in [0.717, 1.165) is 4.88 Å². The lowest BCUT2D eigenvalue weighted by Gasteiger charge is -2.34. The third kappa shape index (κ3) is 1.74. The molecule has 2 N–H and O–H groups in total. The number of hydrogen-bond acceptors (Lipinski definition) is 3. The van der Waals surface area contributed by atoms with Crippen molar-refractivity contribution in [3.63, 3.8) is 0 Å². The molecule has 0 aliphatic carbocycles. The van der Waals surface area contributed by atoms with Gasteiger partial charge < -0.3 is 10.4 Å². The first-order valence-electron chi connectivity index (χ1n) is 5.54. The van der Waals surface area contributed by atoms with Gasteiger partial charge in [0.15, 0.2) is 0 Å². The Kier molecular flexibility index (Phi) is 2.95. The normalized spacial score (nSPS) is 28.4. The maximum absolute atomic E-state index is 11.6. The van der Waals surface area contributed by atoms with E-state index in [1.165, 1.54) is 11.3 Å². The van der Waals surface area contributed by atoms with Gasteiger partial charge in [-0.05, 0) is 17.4 Å². The van der Waals surface area contributed by atoms with Crippen LogP contribution in [-0.2, 0) is 15.0 Å². The molecule has 1 aliphatic heterocycles. The third-order valence-corrected chi connectivity index (χ3v) is 4.59. The van der Waals surface area contributed by atoms with Crippen molar-refractivity contribution < 1.29 is 14.7 Å². The van der Waals surface area contributed by atoms with Crippen molar-refractivity contribution in [1.82, 2.24) is 5.32 Å². The zero-order chi connectivity index (χ0) is 12.6. The second kappa shape index (κ2) is 4.14. The zero-order valence-corrected chi connectivity index (χ0v) is 10.6. The molecule has 17 heavy (non-hydrogen) atoms. The Bertz CT molecular complexity index is 441. The lowest BCUT2D eigenvalue weighted by Crippen LogP contribution is -2.49. The predicted octanol–water partition coefficient (Wildman–Crippen LogP) is 1.61. The Morgan fingerprint density at radius 1 is 1.65 bits per heavy atom. The summed E-state index contributed by atoms with van der Waals surface area (Å²) in [7, 11) is 0. The minimum Gasteiger partial charge on any atom is -0.480 e. The van der Waals surface area contributed by atoms with Crippen LogP contribution in [0.3, 0.4) is 0 Å². The van der Waals surface area contributed by atoms with E-state index in [-0.39, 0.29) is 18.2 Å². The number of carbonyl (C=O) groups excluding carboxylic acids is 1. The van der Waals surface area contributed by atoms with Crippen LogP contribution >= 0.6 is 11.3 Å². The van der Waals surface area contributed by atoms with Crippen molar-refractivity contribution in [2.45, 2.75) is 31.7 Å². The van der Waals surface area contributed by atoms with E-state index in [9.17, 15) is 14.7 Å². The van der Waals surface area contributed by atoms with E-state index in [0.29, 0.717) is 0 Å². The van der Waals surface area contributed by atoms with Crippen LogP contribution in [0.1, 0.15) is 25.1 Å². The molecule has 0 bridgehead atoms. The van der Waals surface area contributed by atoms with Gasteiger partial charge in [-0.3, -0.25) is 4.79 Å². The number of amides is 1. The summed E-state index contributed by atoms with van der Waals surface area (Å²) in [4.78, 5) is 23.9. The van der Waals surface area contributed by atoms with Crippen LogP contribution < -0.4 is 5.32 Å². The maximum Gasteiger partial charge on any atom is 0.327 e. The minimum atomic E-state index is -0.960. The number of carboxylic acids is 1. The van der Waals surface area contributed by atoms with E-state index in [2.05, 4.69) is 5.32 Å². The molecule has 0 radical (unpaired) electrons. The summed E-state index contributed by atoms with van der Waals surface area (Å²) in [6, 6.07) is 2.99. The predicted molar refractivity (Wildman–Crippen MR) is 65.0 cm³/mol. The summed E-state index contributed by atoms with van der Waals surface area (Å²) in [6.07, 6.45) is 0.252. The highest BCUT2D eigenvalue weighted by Crippen LogP contribution is 2.44. The third-order valence-electron chi connectivity index (χ3n) is 3.53. The summed E-state index contributed by atoms with van der Waals surface area (Å²) >= 11 is 1.51. The monoisotopic (exact) mass is 253 g/mol. The van der Waals surface area contributed by atoms with Crippen LogP contribution in [0.4, 0.5) is 0 Å². The Balaban J connectivity index is 2.54. The lowest BCUT2D eigenvalue weighted by atomic mass is 9.70. The summed E-state index contributed by atoms with van der Waals surface area (Å²) in [5.74, 6) is -1.06. The Labute approximate surface area is 104 Å². The van der Waals surface area contributed by atoms with Gasteiger partial charge >= 0.3 is 5.97 Å². The Morgan fingerprint density at radius 2 is 2.35 bits per heavy atom. The zero-order valence-electron chi connectivity index (χ0n) is 9.77. The lowest BCUT2D eigenvalue weighted by molar-refractivity contribution is -0.141. The molecule has 5 heteroatoms. The average Bonchev–Trinajstić information content (AvgIpc) is 2.83. The maximum atomic E-state index is 11.6. The molecule has 1 saturated heterocycles. The summed E-state index contributed by atoms with van der Waals surface area (Å²) in [6.45, 7) is 3.94. The van der Waals surface area contributed by atoms with Crippen molar-refractivity contribution in [3.8, 4) is 0 Å². The van der Waals surface area contributed by atoms with Gasteiger partial charge in [-0.15, -0.1) is 11.3 Å². The second-order valence-corrected chi connectivity index (χ2v) is 5.64. The fraction of sp³-hybridized carbons (Fsp3) is 0.500. The molecule has 1 aromatic heterocycles. The number of carboxylic acid groups (broad SMARTS) is 1. The molecule has 2 heterocycles. The number of thiophene rings is 1. The molecule has 1 aromatic rings. The van der Waals surface area contributed by atoms with Gasteiger partial charge in [-0.2, -0.15) is 0 Å². The standard InChI is InChI=1S/C12H15NO3S/c1-7(2)12(8-4-3-5-17-8)6-9(14)13-10(12)11(15)16/h3-5,7,10H,6H2,1-2H3,(H,13,14)(H,15,16). The average molecular weight is 253 g/mol. The van der Waals surface area contributed by atoms with Crippen molar-refractivity contribution >= 4 is 23.2 Å². The first-order valence-corrected chi connectivity index (χ1v) is 6.42. The van der Waals surface area contributed by atoms with E-state index >= 15 is 0 Å². The molecule has 92 valence electrons. The number of rotatable bonds is 3. The van der Waals surface area contributed by atoms with Crippen molar-refractivity contribution in [2.75, 3.05) is 0 Å². The van der Waals surface area contributed by atoms with Crippen molar-refractivity contribution in [1.29, 1.82) is 0 Å². The Morgan fingerprint density at radius 3 is 2.82 bits per heavy atom. The molecule has 4 nitrogen and oxygen atoms in total. The smallest absolute Gasteiger partial charge is 0.327 e. The largest absolute Gasteiger partial charge is 0.480 e. The molecule has 0 aromatic carbocycles. The SMILES string of the molecule is CC(C)C1(c2cccs2)CC(=O)NC1C(=O)O. The van der Waals surface area contributed by atoms with Crippen molar-refractivity contribution in [3.05, 3.63) is 22.4 Å². The van der Waals surface area contributed by atoms with Crippen LogP contribution in [-0.4, -0.2) is 23.0 Å². The first kappa shape index (κ1) is 12.1. The second-order valence-electron chi connectivity index (χ2n) is 4.69.